The Labute approximate surface area is 113 Å². The summed E-state index contributed by atoms with van der Waals surface area (Å²) in [6, 6.07) is 6.42. The molecule has 0 amide bonds. The van der Waals surface area contributed by atoms with Gasteiger partial charge < -0.3 is 9.64 Å². The highest BCUT2D eigenvalue weighted by molar-refractivity contribution is 7.96. The van der Waals surface area contributed by atoms with E-state index in [0.29, 0.717) is 5.69 Å². The monoisotopic (exact) mass is 283 g/mol. The Morgan fingerprint density at radius 1 is 1.32 bits per heavy atom. The highest BCUT2D eigenvalue weighted by Gasteiger charge is 2.28. The van der Waals surface area contributed by atoms with E-state index in [1.165, 1.54) is 6.07 Å². The number of carbonyl (C=O) groups is 1. The van der Waals surface area contributed by atoms with E-state index in [0.717, 1.165) is 0 Å². The van der Waals surface area contributed by atoms with Gasteiger partial charge in [0.25, 0.3) is 0 Å². The van der Waals surface area contributed by atoms with Gasteiger partial charge in [0.05, 0.1) is 17.2 Å². The SMILES string of the molecule is C=C(C(=O)OCC)S(=O)(=O)c1ccccc1N(C)C. The first-order valence-corrected chi connectivity index (χ1v) is 7.18. The Morgan fingerprint density at radius 3 is 2.42 bits per heavy atom. The predicted octanol–water partition coefficient (Wildman–Crippen LogP) is 1.60. The maximum atomic E-state index is 12.3. The van der Waals surface area contributed by atoms with Gasteiger partial charge in [-0.25, -0.2) is 13.2 Å². The van der Waals surface area contributed by atoms with Crippen molar-refractivity contribution in [2.24, 2.45) is 0 Å². The van der Waals surface area contributed by atoms with Crippen molar-refractivity contribution >= 4 is 21.5 Å². The quantitative estimate of drug-likeness (QED) is 0.606. The number of esters is 1. The van der Waals surface area contributed by atoms with E-state index in [2.05, 4.69) is 11.3 Å². The number of benzene rings is 1. The Bertz CT molecular complexity index is 590. The Kier molecular flexibility index (Phi) is 4.72. The lowest BCUT2D eigenvalue weighted by Gasteiger charge is -2.17. The number of carbonyl (C=O) groups excluding carboxylic acids is 1. The fraction of sp³-hybridized carbons (Fsp3) is 0.308. The second-order valence-electron chi connectivity index (χ2n) is 4.01. The number of sulfone groups is 1. The standard InChI is InChI=1S/C13H17NO4S/c1-5-18-13(15)10(2)19(16,17)12-9-7-6-8-11(12)14(3)4/h6-9H,2,5H2,1,3-4H3. The molecular formula is C13H17NO4S. The van der Waals surface area contributed by atoms with Gasteiger partial charge in [-0.1, -0.05) is 18.7 Å². The Morgan fingerprint density at radius 2 is 1.89 bits per heavy atom. The van der Waals surface area contributed by atoms with Crippen LogP contribution in [0.1, 0.15) is 6.92 Å². The summed E-state index contributed by atoms with van der Waals surface area (Å²) in [4.78, 5) is 12.7. The minimum atomic E-state index is -3.95. The topological polar surface area (TPSA) is 63.7 Å². The zero-order valence-electron chi connectivity index (χ0n) is 11.2. The van der Waals surface area contributed by atoms with Crippen molar-refractivity contribution in [1.82, 2.24) is 0 Å². The normalized spacial score (nSPS) is 10.9. The molecule has 0 aliphatic carbocycles. The lowest BCUT2D eigenvalue weighted by atomic mass is 10.3. The summed E-state index contributed by atoms with van der Waals surface area (Å²) in [5, 5.41) is 0. The fourth-order valence-electron chi connectivity index (χ4n) is 1.51. The van der Waals surface area contributed by atoms with Crippen molar-refractivity contribution in [2.45, 2.75) is 11.8 Å². The van der Waals surface area contributed by atoms with Crippen LogP contribution in [0.4, 0.5) is 5.69 Å². The minimum Gasteiger partial charge on any atom is -0.462 e. The van der Waals surface area contributed by atoms with Gasteiger partial charge in [0.2, 0.25) is 9.84 Å². The number of ether oxygens (including phenoxy) is 1. The molecule has 0 N–H and O–H groups in total. The molecule has 0 heterocycles. The van der Waals surface area contributed by atoms with Crippen LogP contribution in [0, 0.1) is 0 Å². The lowest BCUT2D eigenvalue weighted by molar-refractivity contribution is -0.137. The molecule has 0 aromatic heterocycles. The first kappa shape index (κ1) is 15.2. The molecule has 0 radical (unpaired) electrons. The molecule has 0 aliphatic rings. The number of rotatable bonds is 5. The molecule has 104 valence electrons. The molecule has 1 rings (SSSR count). The number of anilines is 1. The maximum Gasteiger partial charge on any atom is 0.349 e. The van der Waals surface area contributed by atoms with Crippen molar-refractivity contribution in [3.8, 4) is 0 Å². The molecular weight excluding hydrogens is 266 g/mol. The van der Waals surface area contributed by atoms with Crippen LogP contribution in [-0.2, 0) is 19.4 Å². The van der Waals surface area contributed by atoms with Gasteiger partial charge >= 0.3 is 5.97 Å². The van der Waals surface area contributed by atoms with E-state index in [1.807, 2.05) is 0 Å². The van der Waals surface area contributed by atoms with Crippen LogP contribution in [0.2, 0.25) is 0 Å². The van der Waals surface area contributed by atoms with Gasteiger partial charge in [0.1, 0.15) is 4.91 Å². The average Bonchev–Trinajstić information content (AvgIpc) is 2.38. The van der Waals surface area contributed by atoms with Crippen LogP contribution in [0.3, 0.4) is 0 Å². The zero-order valence-corrected chi connectivity index (χ0v) is 12.0. The average molecular weight is 283 g/mol. The smallest absolute Gasteiger partial charge is 0.349 e. The molecule has 0 atom stereocenters. The Hall–Kier alpha value is -1.82. The second kappa shape index (κ2) is 5.88. The fourth-order valence-corrected chi connectivity index (χ4v) is 2.84. The molecule has 0 unspecified atom stereocenters. The van der Waals surface area contributed by atoms with Crippen molar-refractivity contribution in [2.75, 3.05) is 25.6 Å². The number of hydrogen-bond acceptors (Lipinski definition) is 5. The van der Waals surface area contributed by atoms with Crippen LogP contribution in [0.15, 0.2) is 40.6 Å². The zero-order chi connectivity index (χ0) is 14.6. The van der Waals surface area contributed by atoms with Gasteiger partial charge in [-0.3, -0.25) is 0 Å². The van der Waals surface area contributed by atoms with E-state index >= 15 is 0 Å². The van der Waals surface area contributed by atoms with Gasteiger partial charge in [0.15, 0.2) is 0 Å². The highest BCUT2D eigenvalue weighted by atomic mass is 32.2. The van der Waals surface area contributed by atoms with E-state index < -0.39 is 20.7 Å². The van der Waals surface area contributed by atoms with Crippen LogP contribution in [-0.4, -0.2) is 35.1 Å². The molecule has 19 heavy (non-hydrogen) atoms. The molecule has 1 aromatic carbocycles. The van der Waals surface area contributed by atoms with Gasteiger partial charge in [-0.05, 0) is 19.1 Å². The van der Waals surface area contributed by atoms with Crippen LogP contribution in [0.5, 0.6) is 0 Å². The Balaban J connectivity index is 3.29. The third-order valence-corrected chi connectivity index (χ3v) is 4.20. The summed E-state index contributed by atoms with van der Waals surface area (Å²) < 4.78 is 29.4. The largest absolute Gasteiger partial charge is 0.462 e. The van der Waals surface area contributed by atoms with Crippen molar-refractivity contribution in [3.05, 3.63) is 35.7 Å². The van der Waals surface area contributed by atoms with Gasteiger partial charge in [0, 0.05) is 14.1 Å². The third-order valence-electron chi connectivity index (χ3n) is 2.46. The lowest BCUT2D eigenvalue weighted by Crippen LogP contribution is -2.19. The second-order valence-corrected chi connectivity index (χ2v) is 5.95. The van der Waals surface area contributed by atoms with Crippen LogP contribution in [0.25, 0.3) is 0 Å². The summed E-state index contributed by atoms with van der Waals surface area (Å²) >= 11 is 0. The summed E-state index contributed by atoms with van der Waals surface area (Å²) in [6.07, 6.45) is 0. The highest BCUT2D eigenvalue weighted by Crippen LogP contribution is 2.28. The molecule has 0 aliphatic heterocycles. The van der Waals surface area contributed by atoms with E-state index in [9.17, 15) is 13.2 Å². The molecule has 0 bridgehead atoms. The first-order chi connectivity index (χ1) is 8.82. The number of para-hydroxylation sites is 1. The number of hydrogen-bond donors (Lipinski definition) is 0. The van der Waals surface area contributed by atoms with Crippen LogP contribution >= 0.6 is 0 Å². The van der Waals surface area contributed by atoms with E-state index in [4.69, 9.17) is 0 Å². The molecule has 6 heteroatoms. The molecule has 0 saturated carbocycles. The predicted molar refractivity (Wildman–Crippen MR) is 73.7 cm³/mol. The molecule has 5 nitrogen and oxygen atoms in total. The summed E-state index contributed by atoms with van der Waals surface area (Å²) in [6.45, 7) is 5.04. The van der Waals surface area contributed by atoms with Crippen molar-refractivity contribution in [1.29, 1.82) is 0 Å². The van der Waals surface area contributed by atoms with Gasteiger partial charge in [-0.2, -0.15) is 0 Å². The molecule has 1 aromatic rings. The van der Waals surface area contributed by atoms with Crippen molar-refractivity contribution in [3.63, 3.8) is 0 Å². The van der Waals surface area contributed by atoms with Crippen molar-refractivity contribution < 1.29 is 17.9 Å². The van der Waals surface area contributed by atoms with E-state index in [-0.39, 0.29) is 11.5 Å². The van der Waals surface area contributed by atoms with Gasteiger partial charge in [-0.15, -0.1) is 0 Å². The summed E-state index contributed by atoms with van der Waals surface area (Å²) in [7, 11) is -0.499. The summed E-state index contributed by atoms with van der Waals surface area (Å²) in [5.74, 6) is -0.920. The van der Waals surface area contributed by atoms with Crippen LogP contribution < -0.4 is 4.90 Å². The molecule has 0 fully saturated rings. The number of nitrogens with zero attached hydrogens (tertiary/aromatic N) is 1. The molecule has 0 saturated heterocycles. The summed E-state index contributed by atoms with van der Waals surface area (Å²) in [5.41, 5.74) is 0.493. The maximum absolute atomic E-state index is 12.3. The first-order valence-electron chi connectivity index (χ1n) is 5.69. The molecule has 0 spiro atoms. The third kappa shape index (κ3) is 3.14. The minimum absolute atomic E-state index is 0.0399. The van der Waals surface area contributed by atoms with E-state index in [1.54, 1.807) is 44.1 Å².